The van der Waals surface area contributed by atoms with E-state index in [1.807, 2.05) is 43.3 Å². The Morgan fingerprint density at radius 3 is 2.53 bits per heavy atom. The van der Waals surface area contributed by atoms with Crippen LogP contribution in [0.3, 0.4) is 0 Å². The van der Waals surface area contributed by atoms with Gasteiger partial charge in [0.2, 0.25) is 0 Å². The van der Waals surface area contributed by atoms with Crippen LogP contribution in [0.4, 0.5) is 5.69 Å². The molecule has 0 fully saturated rings. The first kappa shape index (κ1) is 15.0. The highest BCUT2D eigenvalue weighted by atomic mass is 127. The number of benzene rings is 2. The first-order valence-corrected chi connectivity index (χ1v) is 8.16. The van der Waals surface area contributed by atoms with Gasteiger partial charge in [-0.05, 0) is 97.3 Å². The van der Waals surface area contributed by atoms with Gasteiger partial charge in [-0.15, -0.1) is 0 Å². The van der Waals surface area contributed by atoms with E-state index >= 15 is 0 Å². The van der Waals surface area contributed by atoms with E-state index in [2.05, 4.69) is 59.8 Å². The van der Waals surface area contributed by atoms with Gasteiger partial charge >= 0.3 is 0 Å². The Morgan fingerprint density at radius 2 is 1.84 bits per heavy atom. The monoisotopic (exact) mass is 493 g/mol. The lowest BCUT2D eigenvalue weighted by Gasteiger charge is -2.09. The first-order chi connectivity index (χ1) is 8.97. The van der Waals surface area contributed by atoms with Crippen LogP contribution in [0.15, 0.2) is 45.3 Å². The minimum atomic E-state index is -0.130. The molecule has 0 aliphatic heterocycles. The summed E-state index contributed by atoms with van der Waals surface area (Å²) in [5.74, 6) is -0.130. The number of hydrogen-bond acceptors (Lipinski definition) is 1. The van der Waals surface area contributed by atoms with Crippen LogP contribution in [0, 0.1) is 10.5 Å². The van der Waals surface area contributed by atoms with Crippen molar-refractivity contribution in [3.8, 4) is 0 Å². The Hall–Kier alpha value is -0.400. The quantitative estimate of drug-likeness (QED) is 0.558. The van der Waals surface area contributed by atoms with Crippen molar-refractivity contribution in [1.82, 2.24) is 0 Å². The van der Waals surface area contributed by atoms with E-state index in [4.69, 9.17) is 0 Å². The molecule has 98 valence electrons. The number of amides is 1. The number of halogens is 3. The summed E-state index contributed by atoms with van der Waals surface area (Å²) in [5, 5.41) is 2.90. The van der Waals surface area contributed by atoms with Crippen molar-refractivity contribution in [2.45, 2.75) is 6.92 Å². The second kappa shape index (κ2) is 6.37. The van der Waals surface area contributed by atoms with Crippen LogP contribution in [-0.4, -0.2) is 5.91 Å². The molecule has 2 nitrogen and oxygen atoms in total. The molecule has 0 saturated carbocycles. The summed E-state index contributed by atoms with van der Waals surface area (Å²) in [4.78, 5) is 12.3. The molecular formula is C14H10Br2INO. The van der Waals surface area contributed by atoms with E-state index < -0.39 is 0 Å². The minimum absolute atomic E-state index is 0.130. The van der Waals surface area contributed by atoms with Crippen molar-refractivity contribution in [1.29, 1.82) is 0 Å². The summed E-state index contributed by atoms with van der Waals surface area (Å²) in [6.07, 6.45) is 0. The Balaban J connectivity index is 2.28. The van der Waals surface area contributed by atoms with Gasteiger partial charge in [-0.3, -0.25) is 4.79 Å². The van der Waals surface area contributed by atoms with E-state index in [1.54, 1.807) is 0 Å². The largest absolute Gasteiger partial charge is 0.321 e. The lowest BCUT2D eigenvalue weighted by Crippen LogP contribution is -2.13. The third kappa shape index (κ3) is 3.79. The van der Waals surface area contributed by atoms with Crippen molar-refractivity contribution < 1.29 is 4.79 Å². The molecule has 0 unspecified atom stereocenters. The molecule has 0 radical (unpaired) electrons. The molecular weight excluding hydrogens is 485 g/mol. The van der Waals surface area contributed by atoms with Crippen LogP contribution in [0.1, 0.15) is 15.9 Å². The van der Waals surface area contributed by atoms with Crippen LogP contribution in [0.5, 0.6) is 0 Å². The van der Waals surface area contributed by atoms with Gasteiger partial charge in [0.05, 0.1) is 11.3 Å². The molecule has 1 amide bonds. The molecule has 2 aromatic rings. The minimum Gasteiger partial charge on any atom is -0.321 e. The second-order valence-electron chi connectivity index (χ2n) is 4.06. The topological polar surface area (TPSA) is 29.1 Å². The molecule has 0 aliphatic rings. The molecule has 19 heavy (non-hydrogen) atoms. The zero-order valence-corrected chi connectivity index (χ0v) is 15.3. The fraction of sp³-hybridized carbons (Fsp3) is 0.0714. The Kier molecular flexibility index (Phi) is 5.03. The smallest absolute Gasteiger partial charge is 0.256 e. The van der Waals surface area contributed by atoms with Crippen molar-refractivity contribution in [2.75, 3.05) is 5.32 Å². The van der Waals surface area contributed by atoms with Crippen molar-refractivity contribution >= 4 is 66.0 Å². The van der Waals surface area contributed by atoms with E-state index in [0.717, 1.165) is 23.8 Å². The molecule has 0 atom stereocenters. The highest BCUT2D eigenvalue weighted by molar-refractivity contribution is 14.1. The van der Waals surface area contributed by atoms with Crippen molar-refractivity contribution in [3.05, 3.63) is 60.0 Å². The molecule has 0 heterocycles. The summed E-state index contributed by atoms with van der Waals surface area (Å²) >= 11 is 9.04. The van der Waals surface area contributed by atoms with Crippen LogP contribution in [0.25, 0.3) is 0 Å². The lowest BCUT2D eigenvalue weighted by atomic mass is 10.2. The van der Waals surface area contributed by atoms with Gasteiger partial charge in [-0.2, -0.15) is 0 Å². The zero-order valence-electron chi connectivity index (χ0n) is 10.0. The molecule has 1 N–H and O–H groups in total. The SMILES string of the molecule is Cc1ccc(NC(=O)c2cc(I)ccc2Br)c(Br)c1. The Labute approximate surface area is 142 Å². The number of aryl methyl sites for hydroxylation is 1. The zero-order chi connectivity index (χ0) is 14.0. The third-order valence-corrected chi connectivity index (χ3v) is 4.56. The summed E-state index contributed by atoms with van der Waals surface area (Å²) in [7, 11) is 0. The van der Waals surface area contributed by atoms with Crippen molar-refractivity contribution in [2.24, 2.45) is 0 Å². The van der Waals surface area contributed by atoms with Gasteiger partial charge in [-0.25, -0.2) is 0 Å². The third-order valence-electron chi connectivity index (χ3n) is 2.55. The van der Waals surface area contributed by atoms with Gasteiger partial charge in [0.1, 0.15) is 0 Å². The van der Waals surface area contributed by atoms with Crippen LogP contribution < -0.4 is 5.32 Å². The number of anilines is 1. The fourth-order valence-corrected chi connectivity index (χ4v) is 3.09. The predicted molar refractivity (Wildman–Crippen MR) is 93.7 cm³/mol. The Morgan fingerprint density at radius 1 is 1.11 bits per heavy atom. The average Bonchev–Trinajstić information content (AvgIpc) is 2.35. The number of carbonyl (C=O) groups is 1. The maximum Gasteiger partial charge on any atom is 0.256 e. The normalized spacial score (nSPS) is 10.3. The number of nitrogens with one attached hydrogen (secondary N) is 1. The van der Waals surface area contributed by atoms with Gasteiger partial charge in [-0.1, -0.05) is 6.07 Å². The summed E-state index contributed by atoms with van der Waals surface area (Å²) in [6.45, 7) is 2.01. The van der Waals surface area contributed by atoms with E-state index in [0.29, 0.717) is 5.56 Å². The summed E-state index contributed by atoms with van der Waals surface area (Å²) in [6, 6.07) is 11.5. The molecule has 0 aromatic heterocycles. The maximum absolute atomic E-state index is 12.3. The van der Waals surface area contributed by atoms with E-state index in [-0.39, 0.29) is 5.91 Å². The molecule has 5 heteroatoms. The molecule has 0 spiro atoms. The second-order valence-corrected chi connectivity index (χ2v) is 7.02. The van der Waals surface area contributed by atoms with Crippen LogP contribution >= 0.6 is 54.5 Å². The van der Waals surface area contributed by atoms with E-state index in [1.165, 1.54) is 0 Å². The van der Waals surface area contributed by atoms with Gasteiger partial charge in [0.25, 0.3) is 5.91 Å². The highest BCUT2D eigenvalue weighted by Crippen LogP contribution is 2.25. The average molecular weight is 495 g/mol. The summed E-state index contributed by atoms with van der Waals surface area (Å²) in [5.41, 5.74) is 2.53. The number of rotatable bonds is 2. The highest BCUT2D eigenvalue weighted by Gasteiger charge is 2.12. The molecule has 0 aliphatic carbocycles. The standard InChI is InChI=1S/C14H10Br2INO/c1-8-2-5-13(12(16)6-8)18-14(19)10-7-9(17)3-4-11(10)15/h2-7H,1H3,(H,18,19). The lowest BCUT2D eigenvalue weighted by molar-refractivity contribution is 0.102. The maximum atomic E-state index is 12.3. The summed E-state index contributed by atoms with van der Waals surface area (Å²) < 4.78 is 2.69. The number of carbonyl (C=O) groups excluding carboxylic acids is 1. The van der Waals surface area contributed by atoms with E-state index in [9.17, 15) is 4.79 Å². The Bertz CT molecular complexity index is 643. The first-order valence-electron chi connectivity index (χ1n) is 5.50. The number of hydrogen-bond donors (Lipinski definition) is 1. The molecule has 0 bridgehead atoms. The molecule has 2 rings (SSSR count). The molecule has 0 saturated heterocycles. The molecule has 2 aromatic carbocycles. The van der Waals surface area contributed by atoms with Gasteiger partial charge in [0, 0.05) is 12.5 Å². The van der Waals surface area contributed by atoms with Gasteiger partial charge < -0.3 is 5.32 Å². The fourth-order valence-electron chi connectivity index (χ4n) is 1.58. The van der Waals surface area contributed by atoms with Gasteiger partial charge in [0.15, 0.2) is 0 Å². The van der Waals surface area contributed by atoms with Crippen LogP contribution in [0.2, 0.25) is 0 Å². The predicted octanol–water partition coefficient (Wildman–Crippen LogP) is 5.38. The van der Waals surface area contributed by atoms with Crippen LogP contribution in [-0.2, 0) is 0 Å². The van der Waals surface area contributed by atoms with Crippen molar-refractivity contribution in [3.63, 3.8) is 0 Å².